The molecule has 1 aliphatic heterocycles. The number of hydrogen-bond acceptors (Lipinski definition) is 3. The van der Waals surface area contributed by atoms with Crippen molar-refractivity contribution in [3.05, 3.63) is 0 Å². The van der Waals surface area contributed by atoms with Crippen molar-refractivity contribution in [2.24, 2.45) is 11.8 Å². The Bertz CT molecular complexity index is 337. The smallest absolute Gasteiger partial charge is 0.407 e. The molecular formula is C12H19NO4. The first-order chi connectivity index (χ1) is 7.94. The maximum absolute atomic E-state index is 11.6. The van der Waals surface area contributed by atoms with Crippen molar-refractivity contribution < 1.29 is 19.4 Å². The fraction of sp³-hybridized carbons (Fsp3) is 0.833. The van der Waals surface area contributed by atoms with Crippen LogP contribution in [0.25, 0.3) is 0 Å². The number of cyclic esters (lactones) is 1. The number of fused-ring (bicyclic) bond motifs is 1. The third kappa shape index (κ3) is 2.10. The second-order valence-electron chi connectivity index (χ2n) is 5.46. The van der Waals surface area contributed by atoms with E-state index in [9.17, 15) is 9.59 Å². The van der Waals surface area contributed by atoms with Crippen LogP contribution in [-0.4, -0.2) is 28.8 Å². The van der Waals surface area contributed by atoms with Gasteiger partial charge in [0.25, 0.3) is 0 Å². The molecular weight excluding hydrogens is 222 g/mol. The van der Waals surface area contributed by atoms with Gasteiger partial charge in [0, 0.05) is 5.92 Å². The van der Waals surface area contributed by atoms with E-state index in [0.717, 1.165) is 19.3 Å². The number of carboxylic acids is 1. The molecule has 0 unspecified atom stereocenters. The highest BCUT2D eigenvalue weighted by atomic mass is 16.6. The molecule has 3 atom stereocenters. The predicted octanol–water partition coefficient (Wildman–Crippen LogP) is 1.76. The summed E-state index contributed by atoms with van der Waals surface area (Å²) in [5.41, 5.74) is -0.587. The number of rotatable bonds is 3. The fourth-order valence-corrected chi connectivity index (χ4v) is 3.31. The summed E-state index contributed by atoms with van der Waals surface area (Å²) in [6.45, 7) is 4.01. The van der Waals surface area contributed by atoms with Crippen LogP contribution in [0.2, 0.25) is 0 Å². The Balaban J connectivity index is 2.27. The average molecular weight is 241 g/mol. The number of carbonyl (C=O) groups is 2. The monoisotopic (exact) mass is 241 g/mol. The maximum Gasteiger partial charge on any atom is 0.407 e. The lowest BCUT2D eigenvalue weighted by molar-refractivity contribution is -0.140. The standard InChI is InChI=1S/C12H19NO4/c1-7(2)10-8-4-3-5-12(8,6-9(14)15)13-11(16)17-10/h7-8,10H,3-6H2,1-2H3,(H,13,16)(H,14,15)/t8-,10-,12+/m0/s1. The van der Waals surface area contributed by atoms with Gasteiger partial charge >= 0.3 is 12.1 Å². The molecule has 0 spiro atoms. The summed E-state index contributed by atoms with van der Waals surface area (Å²) in [6, 6.07) is 0. The van der Waals surface area contributed by atoms with E-state index < -0.39 is 17.6 Å². The van der Waals surface area contributed by atoms with Gasteiger partial charge in [-0.2, -0.15) is 0 Å². The van der Waals surface area contributed by atoms with E-state index >= 15 is 0 Å². The quantitative estimate of drug-likeness (QED) is 0.789. The number of ether oxygens (including phenoxy) is 1. The first-order valence-corrected chi connectivity index (χ1v) is 6.15. The summed E-state index contributed by atoms with van der Waals surface area (Å²) in [4.78, 5) is 22.6. The van der Waals surface area contributed by atoms with E-state index in [1.54, 1.807) is 0 Å². The first-order valence-electron chi connectivity index (χ1n) is 6.15. The Labute approximate surface area is 101 Å². The van der Waals surface area contributed by atoms with Crippen LogP contribution in [0.3, 0.4) is 0 Å². The molecule has 0 aromatic carbocycles. The lowest BCUT2D eigenvalue weighted by atomic mass is 9.76. The van der Waals surface area contributed by atoms with Crippen molar-refractivity contribution in [3.8, 4) is 0 Å². The highest BCUT2D eigenvalue weighted by molar-refractivity contribution is 5.74. The minimum Gasteiger partial charge on any atom is -0.481 e. The van der Waals surface area contributed by atoms with Crippen LogP contribution in [0.4, 0.5) is 4.79 Å². The van der Waals surface area contributed by atoms with E-state index in [4.69, 9.17) is 9.84 Å². The van der Waals surface area contributed by atoms with Crippen molar-refractivity contribution >= 4 is 12.1 Å². The molecule has 0 radical (unpaired) electrons. The van der Waals surface area contributed by atoms with E-state index in [1.165, 1.54) is 0 Å². The summed E-state index contributed by atoms with van der Waals surface area (Å²) in [5, 5.41) is 11.8. The number of alkyl carbamates (subject to hydrolysis) is 1. The third-order valence-corrected chi connectivity index (χ3v) is 3.96. The van der Waals surface area contributed by atoms with E-state index in [1.807, 2.05) is 13.8 Å². The highest BCUT2D eigenvalue weighted by Crippen LogP contribution is 2.45. The zero-order valence-corrected chi connectivity index (χ0v) is 10.2. The summed E-state index contributed by atoms with van der Waals surface area (Å²) < 4.78 is 5.33. The average Bonchev–Trinajstić information content (AvgIpc) is 2.57. The molecule has 96 valence electrons. The van der Waals surface area contributed by atoms with Crippen molar-refractivity contribution in [2.75, 3.05) is 0 Å². The number of aliphatic carboxylic acids is 1. The molecule has 5 nitrogen and oxygen atoms in total. The van der Waals surface area contributed by atoms with Crippen molar-refractivity contribution in [2.45, 2.75) is 51.2 Å². The van der Waals surface area contributed by atoms with Gasteiger partial charge in [0.05, 0.1) is 12.0 Å². The van der Waals surface area contributed by atoms with Gasteiger partial charge in [-0.1, -0.05) is 20.3 Å². The zero-order valence-electron chi connectivity index (χ0n) is 10.2. The lowest BCUT2D eigenvalue weighted by Gasteiger charge is -2.44. The largest absolute Gasteiger partial charge is 0.481 e. The second kappa shape index (κ2) is 4.20. The SMILES string of the molecule is CC(C)[C@@H]1OC(=O)N[C@@]2(CC(=O)O)CCC[C@@H]12. The van der Waals surface area contributed by atoms with Crippen LogP contribution in [0.5, 0.6) is 0 Å². The summed E-state index contributed by atoms with van der Waals surface area (Å²) in [6.07, 6.45) is 1.98. The third-order valence-electron chi connectivity index (χ3n) is 3.96. The summed E-state index contributed by atoms with van der Waals surface area (Å²) in [7, 11) is 0. The Kier molecular flexibility index (Phi) is 3.02. The molecule has 1 saturated carbocycles. The van der Waals surface area contributed by atoms with Gasteiger partial charge in [-0.05, 0) is 18.8 Å². The number of carboxylic acid groups (broad SMARTS) is 1. The molecule has 1 saturated heterocycles. The maximum atomic E-state index is 11.6. The number of nitrogens with one attached hydrogen (secondary N) is 1. The molecule has 1 heterocycles. The molecule has 1 amide bonds. The van der Waals surface area contributed by atoms with Crippen LogP contribution in [-0.2, 0) is 9.53 Å². The Morgan fingerprint density at radius 2 is 2.35 bits per heavy atom. The number of hydrogen-bond donors (Lipinski definition) is 2. The molecule has 0 aromatic heterocycles. The molecule has 2 fully saturated rings. The Morgan fingerprint density at radius 3 is 2.94 bits per heavy atom. The van der Waals surface area contributed by atoms with Gasteiger partial charge in [-0.15, -0.1) is 0 Å². The van der Waals surface area contributed by atoms with Gasteiger partial charge in [0.1, 0.15) is 6.10 Å². The van der Waals surface area contributed by atoms with E-state index in [0.29, 0.717) is 0 Å². The first kappa shape index (κ1) is 12.2. The van der Waals surface area contributed by atoms with Gasteiger partial charge in [-0.25, -0.2) is 4.79 Å². The van der Waals surface area contributed by atoms with Crippen molar-refractivity contribution in [3.63, 3.8) is 0 Å². The number of carbonyl (C=O) groups excluding carboxylic acids is 1. The lowest BCUT2D eigenvalue weighted by Crippen LogP contribution is -2.62. The molecule has 0 bridgehead atoms. The van der Waals surface area contributed by atoms with Gasteiger partial charge in [0.15, 0.2) is 0 Å². The van der Waals surface area contributed by atoms with Crippen LogP contribution in [0.1, 0.15) is 39.5 Å². The summed E-state index contributed by atoms with van der Waals surface area (Å²) in [5.74, 6) is -0.518. The van der Waals surface area contributed by atoms with Crippen molar-refractivity contribution in [1.29, 1.82) is 0 Å². The van der Waals surface area contributed by atoms with Gasteiger partial charge < -0.3 is 15.2 Å². The molecule has 2 N–H and O–H groups in total. The molecule has 17 heavy (non-hydrogen) atoms. The predicted molar refractivity (Wildman–Crippen MR) is 60.6 cm³/mol. The Morgan fingerprint density at radius 1 is 1.65 bits per heavy atom. The van der Waals surface area contributed by atoms with E-state index in [-0.39, 0.29) is 24.4 Å². The van der Waals surface area contributed by atoms with Gasteiger partial charge in [0.2, 0.25) is 0 Å². The van der Waals surface area contributed by atoms with Crippen LogP contribution in [0.15, 0.2) is 0 Å². The van der Waals surface area contributed by atoms with Crippen LogP contribution >= 0.6 is 0 Å². The number of amides is 1. The minimum absolute atomic E-state index is 0.00398. The highest BCUT2D eigenvalue weighted by Gasteiger charge is 2.54. The van der Waals surface area contributed by atoms with Gasteiger partial charge in [-0.3, -0.25) is 4.79 Å². The topological polar surface area (TPSA) is 75.6 Å². The Hall–Kier alpha value is -1.26. The molecule has 5 heteroatoms. The molecule has 2 aliphatic rings. The van der Waals surface area contributed by atoms with Crippen molar-refractivity contribution in [1.82, 2.24) is 5.32 Å². The normalized spacial score (nSPS) is 36.3. The van der Waals surface area contributed by atoms with E-state index in [2.05, 4.69) is 5.32 Å². The molecule has 0 aromatic rings. The molecule has 2 rings (SSSR count). The second-order valence-corrected chi connectivity index (χ2v) is 5.46. The molecule has 1 aliphatic carbocycles. The zero-order chi connectivity index (χ0) is 12.6. The summed E-state index contributed by atoms with van der Waals surface area (Å²) >= 11 is 0. The fourth-order valence-electron chi connectivity index (χ4n) is 3.31. The minimum atomic E-state index is -0.860. The van der Waals surface area contributed by atoms with Crippen LogP contribution in [0, 0.1) is 11.8 Å². The van der Waals surface area contributed by atoms with Crippen LogP contribution < -0.4 is 5.32 Å².